The van der Waals surface area contributed by atoms with Crippen molar-refractivity contribution in [3.8, 4) is 0 Å². The van der Waals surface area contributed by atoms with Gasteiger partial charge >= 0.3 is 0 Å². The summed E-state index contributed by atoms with van der Waals surface area (Å²) in [5.74, 6) is 1.55. The molecular weight excluding hydrogens is 293 g/mol. The Bertz CT molecular complexity index is 433. The molecule has 4 nitrogen and oxygen atoms in total. The molecule has 0 aliphatic rings. The van der Waals surface area contributed by atoms with E-state index in [9.17, 15) is 0 Å². The Labute approximate surface area is 95.2 Å². The predicted octanol–water partition coefficient (Wildman–Crippen LogP) is 2.02. The molecule has 0 fully saturated rings. The van der Waals surface area contributed by atoms with Crippen LogP contribution in [0.25, 0.3) is 0 Å². The standard InChI is InChI=1S/C9H10IN3O/c1-6-8(10)9(11)13(12-6)5-7-3-2-4-14-7/h2-4H,5,11H2,1H3. The lowest BCUT2D eigenvalue weighted by Gasteiger charge is -2.00. The molecule has 0 spiro atoms. The Morgan fingerprint density at radius 1 is 1.64 bits per heavy atom. The molecule has 0 unspecified atom stereocenters. The number of rotatable bonds is 2. The quantitative estimate of drug-likeness (QED) is 0.864. The maximum absolute atomic E-state index is 5.87. The van der Waals surface area contributed by atoms with Gasteiger partial charge in [-0.1, -0.05) is 0 Å². The van der Waals surface area contributed by atoms with E-state index in [-0.39, 0.29) is 0 Å². The number of nitrogen functional groups attached to an aromatic ring is 1. The van der Waals surface area contributed by atoms with Crippen molar-refractivity contribution in [1.29, 1.82) is 0 Å². The highest BCUT2D eigenvalue weighted by Crippen LogP contribution is 2.19. The smallest absolute Gasteiger partial charge is 0.136 e. The Morgan fingerprint density at radius 2 is 2.43 bits per heavy atom. The normalized spacial score (nSPS) is 10.7. The average Bonchev–Trinajstić information content (AvgIpc) is 2.73. The summed E-state index contributed by atoms with van der Waals surface area (Å²) in [6.45, 7) is 2.53. The third-order valence-corrected chi connectivity index (χ3v) is 3.31. The van der Waals surface area contributed by atoms with Crippen LogP contribution in [-0.4, -0.2) is 9.78 Å². The van der Waals surface area contributed by atoms with Gasteiger partial charge in [-0.25, -0.2) is 4.68 Å². The number of nitrogens with two attached hydrogens (primary N) is 1. The fourth-order valence-corrected chi connectivity index (χ4v) is 1.63. The molecule has 0 aromatic carbocycles. The summed E-state index contributed by atoms with van der Waals surface area (Å²) in [7, 11) is 0. The minimum atomic E-state index is 0.586. The van der Waals surface area contributed by atoms with E-state index in [0.717, 1.165) is 15.0 Å². The maximum atomic E-state index is 5.87. The molecule has 0 amide bonds. The van der Waals surface area contributed by atoms with Crippen molar-refractivity contribution in [3.63, 3.8) is 0 Å². The number of anilines is 1. The summed E-state index contributed by atoms with van der Waals surface area (Å²) in [6, 6.07) is 3.76. The first-order chi connectivity index (χ1) is 6.68. The van der Waals surface area contributed by atoms with Crippen molar-refractivity contribution >= 4 is 28.4 Å². The fourth-order valence-electron chi connectivity index (χ4n) is 1.25. The van der Waals surface area contributed by atoms with Crippen molar-refractivity contribution in [2.45, 2.75) is 13.5 Å². The summed E-state index contributed by atoms with van der Waals surface area (Å²) in [5, 5.41) is 4.31. The monoisotopic (exact) mass is 303 g/mol. The molecule has 0 aliphatic carbocycles. The van der Waals surface area contributed by atoms with Gasteiger partial charge in [-0.15, -0.1) is 0 Å². The van der Waals surface area contributed by atoms with Crippen LogP contribution in [0.15, 0.2) is 22.8 Å². The highest BCUT2D eigenvalue weighted by molar-refractivity contribution is 14.1. The zero-order valence-electron chi connectivity index (χ0n) is 7.70. The molecule has 0 bridgehead atoms. The molecule has 2 aromatic rings. The van der Waals surface area contributed by atoms with Crippen LogP contribution in [0.2, 0.25) is 0 Å². The number of halogens is 1. The van der Waals surface area contributed by atoms with Gasteiger partial charge in [0.05, 0.1) is 15.5 Å². The minimum absolute atomic E-state index is 0.586. The molecule has 2 heterocycles. The highest BCUT2D eigenvalue weighted by atomic mass is 127. The number of nitrogens with zero attached hydrogens (tertiary/aromatic N) is 2. The van der Waals surface area contributed by atoms with Crippen LogP contribution >= 0.6 is 22.6 Å². The summed E-state index contributed by atoms with van der Waals surface area (Å²) < 4.78 is 7.98. The van der Waals surface area contributed by atoms with E-state index in [1.165, 1.54) is 0 Å². The zero-order valence-corrected chi connectivity index (χ0v) is 9.85. The summed E-state index contributed by atoms with van der Waals surface area (Å²) >= 11 is 2.19. The summed E-state index contributed by atoms with van der Waals surface area (Å²) in [5.41, 5.74) is 6.82. The Morgan fingerprint density at radius 3 is 2.93 bits per heavy atom. The van der Waals surface area contributed by atoms with Crippen molar-refractivity contribution in [1.82, 2.24) is 9.78 Å². The van der Waals surface area contributed by atoms with E-state index < -0.39 is 0 Å². The lowest BCUT2D eigenvalue weighted by atomic mass is 10.4. The number of aromatic nitrogens is 2. The van der Waals surface area contributed by atoms with Crippen LogP contribution in [0.5, 0.6) is 0 Å². The third-order valence-electron chi connectivity index (χ3n) is 1.98. The van der Waals surface area contributed by atoms with Gasteiger partial charge in [0.25, 0.3) is 0 Å². The molecule has 0 atom stereocenters. The van der Waals surface area contributed by atoms with E-state index in [0.29, 0.717) is 12.4 Å². The van der Waals surface area contributed by atoms with Gasteiger partial charge in [0.1, 0.15) is 18.1 Å². The first kappa shape index (κ1) is 9.57. The lowest BCUT2D eigenvalue weighted by molar-refractivity contribution is 0.481. The van der Waals surface area contributed by atoms with Gasteiger partial charge in [-0.05, 0) is 41.6 Å². The van der Waals surface area contributed by atoms with Gasteiger partial charge in [0, 0.05) is 0 Å². The van der Waals surface area contributed by atoms with Gasteiger partial charge in [-0.3, -0.25) is 0 Å². The first-order valence-electron chi connectivity index (χ1n) is 4.19. The van der Waals surface area contributed by atoms with Gasteiger partial charge < -0.3 is 10.2 Å². The summed E-state index contributed by atoms with van der Waals surface area (Å²) in [4.78, 5) is 0. The second-order valence-corrected chi connectivity index (χ2v) is 4.10. The number of furan rings is 1. The fraction of sp³-hybridized carbons (Fsp3) is 0.222. The molecule has 5 heteroatoms. The van der Waals surface area contributed by atoms with Crippen LogP contribution in [0.1, 0.15) is 11.5 Å². The largest absolute Gasteiger partial charge is 0.467 e. The van der Waals surface area contributed by atoms with Gasteiger partial charge in [0.15, 0.2) is 0 Å². The number of aryl methyl sites for hydroxylation is 1. The Hall–Kier alpha value is -0.980. The maximum Gasteiger partial charge on any atom is 0.136 e. The number of hydrogen-bond acceptors (Lipinski definition) is 3. The van der Waals surface area contributed by atoms with E-state index >= 15 is 0 Å². The SMILES string of the molecule is Cc1nn(Cc2ccco2)c(N)c1I. The van der Waals surface area contributed by atoms with E-state index in [1.54, 1.807) is 10.9 Å². The van der Waals surface area contributed by atoms with Gasteiger partial charge in [0.2, 0.25) is 0 Å². The van der Waals surface area contributed by atoms with E-state index in [2.05, 4.69) is 27.7 Å². The topological polar surface area (TPSA) is 57.0 Å². The van der Waals surface area contributed by atoms with Crippen molar-refractivity contribution in [2.24, 2.45) is 0 Å². The van der Waals surface area contributed by atoms with Crippen LogP contribution in [-0.2, 0) is 6.54 Å². The third kappa shape index (κ3) is 1.63. The Balaban J connectivity index is 2.30. The van der Waals surface area contributed by atoms with Crippen LogP contribution in [0.3, 0.4) is 0 Å². The number of hydrogen-bond donors (Lipinski definition) is 1. The van der Waals surface area contributed by atoms with E-state index in [1.807, 2.05) is 19.1 Å². The minimum Gasteiger partial charge on any atom is -0.467 e. The molecule has 0 saturated heterocycles. The summed E-state index contributed by atoms with van der Waals surface area (Å²) in [6.07, 6.45) is 1.65. The molecule has 0 aliphatic heterocycles. The highest BCUT2D eigenvalue weighted by Gasteiger charge is 2.10. The average molecular weight is 303 g/mol. The first-order valence-corrected chi connectivity index (χ1v) is 5.27. The molecular formula is C9H10IN3O. The van der Waals surface area contributed by atoms with E-state index in [4.69, 9.17) is 10.2 Å². The van der Waals surface area contributed by atoms with Gasteiger partial charge in [-0.2, -0.15) is 5.10 Å². The van der Waals surface area contributed by atoms with Crippen molar-refractivity contribution < 1.29 is 4.42 Å². The molecule has 2 N–H and O–H groups in total. The second-order valence-electron chi connectivity index (χ2n) is 3.02. The zero-order chi connectivity index (χ0) is 10.1. The molecule has 74 valence electrons. The van der Waals surface area contributed by atoms with Crippen LogP contribution < -0.4 is 5.73 Å². The van der Waals surface area contributed by atoms with Crippen molar-refractivity contribution in [2.75, 3.05) is 5.73 Å². The molecule has 0 saturated carbocycles. The van der Waals surface area contributed by atoms with Crippen molar-refractivity contribution in [3.05, 3.63) is 33.4 Å². The lowest BCUT2D eigenvalue weighted by Crippen LogP contribution is -2.05. The van der Waals surface area contributed by atoms with Crippen LogP contribution in [0, 0.1) is 10.5 Å². The predicted molar refractivity (Wildman–Crippen MR) is 61.9 cm³/mol. The Kier molecular flexibility index (Phi) is 2.49. The second kappa shape index (κ2) is 3.64. The molecule has 14 heavy (non-hydrogen) atoms. The van der Waals surface area contributed by atoms with Crippen LogP contribution in [0.4, 0.5) is 5.82 Å². The molecule has 0 radical (unpaired) electrons. The molecule has 2 aromatic heterocycles. The molecule has 2 rings (SSSR count).